The third-order valence-corrected chi connectivity index (χ3v) is 4.42. The van der Waals surface area contributed by atoms with Gasteiger partial charge in [0.2, 0.25) is 0 Å². The molecule has 3 rings (SSSR count). The molecule has 0 atom stereocenters. The number of carbonyl (C=O) groups excluding carboxylic acids is 1. The van der Waals surface area contributed by atoms with Crippen LogP contribution in [-0.2, 0) is 0 Å². The molecule has 8 heteroatoms. The maximum Gasteiger partial charge on any atom is 0.292 e. The van der Waals surface area contributed by atoms with E-state index in [1.165, 1.54) is 6.07 Å². The van der Waals surface area contributed by atoms with Crippen LogP contribution in [0, 0.1) is 10.1 Å². The fourth-order valence-electron chi connectivity index (χ4n) is 2.94. The van der Waals surface area contributed by atoms with Gasteiger partial charge < -0.3 is 9.80 Å². The van der Waals surface area contributed by atoms with Crippen molar-refractivity contribution in [2.75, 3.05) is 31.1 Å². The van der Waals surface area contributed by atoms with Crippen LogP contribution in [0.4, 0.5) is 11.4 Å². The van der Waals surface area contributed by atoms with E-state index < -0.39 is 0 Å². The molecule has 1 saturated heterocycles. The van der Waals surface area contributed by atoms with Crippen LogP contribution in [0.3, 0.4) is 0 Å². The summed E-state index contributed by atoms with van der Waals surface area (Å²) in [5.74, 6) is 0.176. The smallest absolute Gasteiger partial charge is 0.292 e. The number of amides is 1. The fraction of sp³-hybridized carbons (Fsp3) is 0.412. The molecular formula is C17H21N5O3. The number of nitrogens with zero attached hydrogens (tertiary/aromatic N) is 4. The van der Waals surface area contributed by atoms with Crippen molar-refractivity contribution in [3.63, 3.8) is 0 Å². The largest absolute Gasteiger partial charge is 0.362 e. The zero-order valence-corrected chi connectivity index (χ0v) is 14.3. The summed E-state index contributed by atoms with van der Waals surface area (Å²) in [7, 11) is 0. The van der Waals surface area contributed by atoms with Gasteiger partial charge in [0.25, 0.3) is 11.6 Å². The number of hydrogen-bond acceptors (Lipinski definition) is 5. The summed E-state index contributed by atoms with van der Waals surface area (Å²) in [6.07, 6.45) is 0. The van der Waals surface area contributed by atoms with Crippen LogP contribution >= 0.6 is 0 Å². The molecule has 0 saturated carbocycles. The molecule has 0 unspecified atom stereocenters. The Morgan fingerprint density at radius 1 is 1.24 bits per heavy atom. The van der Waals surface area contributed by atoms with Gasteiger partial charge in [-0.25, -0.2) is 0 Å². The predicted octanol–water partition coefficient (Wildman–Crippen LogP) is 2.40. The molecule has 1 aliphatic rings. The second-order valence-corrected chi connectivity index (χ2v) is 6.39. The molecule has 1 aliphatic heterocycles. The Morgan fingerprint density at radius 2 is 1.92 bits per heavy atom. The average molecular weight is 343 g/mol. The number of piperazine rings is 1. The summed E-state index contributed by atoms with van der Waals surface area (Å²) in [6, 6.07) is 8.49. The lowest BCUT2D eigenvalue weighted by molar-refractivity contribution is -0.384. The number of aromatic amines is 1. The molecule has 1 fully saturated rings. The van der Waals surface area contributed by atoms with Crippen LogP contribution in [0.5, 0.6) is 0 Å². The first kappa shape index (κ1) is 16.9. The van der Waals surface area contributed by atoms with Gasteiger partial charge in [0, 0.05) is 37.9 Å². The van der Waals surface area contributed by atoms with E-state index in [9.17, 15) is 14.9 Å². The lowest BCUT2D eigenvalue weighted by atomic mass is 10.1. The molecule has 25 heavy (non-hydrogen) atoms. The van der Waals surface area contributed by atoms with Gasteiger partial charge >= 0.3 is 0 Å². The number of aromatic nitrogens is 2. The first-order valence-corrected chi connectivity index (χ1v) is 8.30. The lowest BCUT2D eigenvalue weighted by Crippen LogP contribution is -2.49. The Bertz CT molecular complexity index is 778. The predicted molar refractivity (Wildman–Crippen MR) is 93.9 cm³/mol. The highest BCUT2D eigenvalue weighted by molar-refractivity contribution is 5.92. The first-order valence-electron chi connectivity index (χ1n) is 8.30. The zero-order chi connectivity index (χ0) is 18.0. The minimum absolute atomic E-state index is 0.0937. The monoisotopic (exact) mass is 343 g/mol. The van der Waals surface area contributed by atoms with Crippen molar-refractivity contribution >= 4 is 17.3 Å². The molecule has 1 aromatic carbocycles. The summed E-state index contributed by atoms with van der Waals surface area (Å²) in [5.41, 5.74) is 2.04. The molecular weight excluding hydrogens is 322 g/mol. The van der Waals surface area contributed by atoms with Crippen LogP contribution in [-0.4, -0.2) is 52.1 Å². The van der Waals surface area contributed by atoms with Gasteiger partial charge in [0.15, 0.2) is 0 Å². The van der Waals surface area contributed by atoms with Gasteiger partial charge in [0.1, 0.15) is 11.4 Å². The second-order valence-electron chi connectivity index (χ2n) is 6.39. The maximum absolute atomic E-state index is 12.6. The zero-order valence-electron chi connectivity index (χ0n) is 14.3. The number of rotatable bonds is 4. The quantitative estimate of drug-likeness (QED) is 0.679. The highest BCUT2D eigenvalue weighted by atomic mass is 16.6. The minimum atomic E-state index is -0.371. The standard InChI is InChI=1S/C17H21N5O3/c1-12(2)13-11-14(19-18-13)17(23)21-9-7-20(8-10-21)15-5-3-4-6-16(15)22(24)25/h3-6,11-12H,7-10H2,1-2H3,(H,18,19). The van der Waals surface area contributed by atoms with E-state index >= 15 is 0 Å². The molecule has 8 nitrogen and oxygen atoms in total. The number of para-hydroxylation sites is 2. The van der Waals surface area contributed by atoms with Gasteiger partial charge in [-0.3, -0.25) is 20.0 Å². The summed E-state index contributed by atoms with van der Waals surface area (Å²) in [4.78, 5) is 27.1. The third kappa shape index (κ3) is 3.47. The number of anilines is 1. The van der Waals surface area contributed by atoms with Crippen molar-refractivity contribution in [1.82, 2.24) is 15.1 Å². The Morgan fingerprint density at radius 3 is 2.52 bits per heavy atom. The lowest BCUT2D eigenvalue weighted by Gasteiger charge is -2.35. The van der Waals surface area contributed by atoms with Crippen molar-refractivity contribution in [2.24, 2.45) is 0 Å². The number of nitrogens with one attached hydrogen (secondary N) is 1. The molecule has 1 aromatic heterocycles. The molecule has 2 heterocycles. The number of H-pyrrole nitrogens is 1. The van der Waals surface area contributed by atoms with E-state index in [4.69, 9.17) is 0 Å². The van der Waals surface area contributed by atoms with Gasteiger partial charge in [-0.05, 0) is 18.1 Å². The van der Waals surface area contributed by atoms with Gasteiger partial charge in [-0.15, -0.1) is 0 Å². The summed E-state index contributed by atoms with van der Waals surface area (Å²) in [5, 5.41) is 18.2. The topological polar surface area (TPSA) is 95.4 Å². The van der Waals surface area contributed by atoms with Crippen molar-refractivity contribution in [1.29, 1.82) is 0 Å². The number of benzene rings is 1. The summed E-state index contributed by atoms with van der Waals surface area (Å²) < 4.78 is 0. The minimum Gasteiger partial charge on any atom is -0.362 e. The van der Waals surface area contributed by atoms with Crippen LogP contribution in [0.2, 0.25) is 0 Å². The first-order chi connectivity index (χ1) is 12.0. The molecule has 0 aliphatic carbocycles. The van der Waals surface area contributed by atoms with Crippen molar-refractivity contribution in [3.05, 3.63) is 51.8 Å². The number of hydrogen-bond donors (Lipinski definition) is 1. The van der Waals surface area contributed by atoms with E-state index in [2.05, 4.69) is 10.2 Å². The van der Waals surface area contributed by atoms with Gasteiger partial charge in [0.05, 0.1) is 4.92 Å². The molecule has 132 valence electrons. The fourth-order valence-corrected chi connectivity index (χ4v) is 2.94. The summed E-state index contributed by atoms with van der Waals surface area (Å²) >= 11 is 0. The van der Waals surface area contributed by atoms with Crippen molar-refractivity contribution in [2.45, 2.75) is 19.8 Å². The summed E-state index contributed by atoms with van der Waals surface area (Å²) in [6.45, 7) is 6.19. The number of nitro groups is 1. The van der Waals surface area contributed by atoms with E-state index in [0.29, 0.717) is 37.6 Å². The maximum atomic E-state index is 12.6. The highest BCUT2D eigenvalue weighted by Crippen LogP contribution is 2.28. The van der Waals surface area contributed by atoms with Crippen molar-refractivity contribution in [3.8, 4) is 0 Å². The van der Waals surface area contributed by atoms with Crippen LogP contribution in [0.1, 0.15) is 35.9 Å². The SMILES string of the molecule is CC(C)c1cc(C(=O)N2CCN(c3ccccc3[N+](=O)[O-])CC2)n[nH]1. The van der Waals surface area contributed by atoms with E-state index in [0.717, 1.165) is 5.69 Å². The number of nitro benzene ring substituents is 1. The molecule has 0 radical (unpaired) electrons. The Hall–Kier alpha value is -2.90. The normalized spacial score (nSPS) is 14.8. The van der Waals surface area contributed by atoms with E-state index in [-0.39, 0.29) is 22.4 Å². The van der Waals surface area contributed by atoms with Crippen LogP contribution < -0.4 is 4.90 Å². The molecule has 2 aromatic rings. The average Bonchev–Trinajstić information content (AvgIpc) is 3.11. The van der Waals surface area contributed by atoms with E-state index in [1.807, 2.05) is 18.7 Å². The van der Waals surface area contributed by atoms with Crippen LogP contribution in [0.25, 0.3) is 0 Å². The Balaban J connectivity index is 1.67. The highest BCUT2D eigenvalue weighted by Gasteiger charge is 2.27. The molecule has 1 N–H and O–H groups in total. The third-order valence-electron chi connectivity index (χ3n) is 4.42. The molecule has 1 amide bonds. The van der Waals surface area contributed by atoms with Crippen LogP contribution in [0.15, 0.2) is 30.3 Å². The Kier molecular flexibility index (Phi) is 4.69. The molecule has 0 bridgehead atoms. The number of carbonyl (C=O) groups is 1. The second kappa shape index (κ2) is 6.92. The van der Waals surface area contributed by atoms with E-state index in [1.54, 1.807) is 29.2 Å². The van der Waals surface area contributed by atoms with Gasteiger partial charge in [-0.1, -0.05) is 26.0 Å². The van der Waals surface area contributed by atoms with Crippen molar-refractivity contribution < 1.29 is 9.72 Å². The van der Waals surface area contributed by atoms with Gasteiger partial charge in [-0.2, -0.15) is 5.10 Å². The Labute approximate surface area is 145 Å². The molecule has 0 spiro atoms.